The molecule has 6 heteroatoms. The second-order valence-corrected chi connectivity index (χ2v) is 5.27. The number of aromatic nitrogens is 2. The number of rotatable bonds is 4. The van der Waals surface area contributed by atoms with E-state index in [1.807, 2.05) is 36.5 Å². The Balaban J connectivity index is 1.79. The van der Waals surface area contributed by atoms with E-state index in [1.165, 1.54) is 7.11 Å². The summed E-state index contributed by atoms with van der Waals surface area (Å²) in [5.74, 6) is 0.536. The number of amides is 1. The maximum absolute atomic E-state index is 12.2. The van der Waals surface area contributed by atoms with E-state index >= 15 is 0 Å². The summed E-state index contributed by atoms with van der Waals surface area (Å²) in [7, 11) is 1.53. The molecular weight excluding hydrogens is 282 g/mol. The number of carbonyl (C=O) groups is 1. The van der Waals surface area contributed by atoms with Crippen molar-refractivity contribution in [2.45, 2.75) is 19.2 Å². The van der Waals surface area contributed by atoms with Gasteiger partial charge in [0.05, 0.1) is 19.6 Å². The topological polar surface area (TPSA) is 56.6 Å². The van der Waals surface area contributed by atoms with E-state index in [1.54, 1.807) is 11.1 Å². The molecule has 2 aromatic rings. The monoisotopic (exact) mass is 301 g/mol. The van der Waals surface area contributed by atoms with Gasteiger partial charge in [0.2, 0.25) is 11.8 Å². The highest BCUT2D eigenvalue weighted by atomic mass is 16.5. The van der Waals surface area contributed by atoms with Crippen LogP contribution >= 0.6 is 0 Å². The first-order valence-corrected chi connectivity index (χ1v) is 7.24. The van der Waals surface area contributed by atoms with Crippen LogP contribution in [0, 0.1) is 0 Å². The number of fused-ring (bicyclic) bond motifs is 1. The fraction of sp³-hybridized carbons (Fsp3) is 0.375. The number of nitrogens with zero attached hydrogens (tertiary/aromatic N) is 3. The SMILES string of the molecule is COCC(=O)N1Cc2cccn2C[C@H](Oc2ccccn2)C1. The smallest absolute Gasteiger partial charge is 0.249 e. The zero-order valence-corrected chi connectivity index (χ0v) is 12.5. The highest BCUT2D eigenvalue weighted by Crippen LogP contribution is 2.17. The van der Waals surface area contributed by atoms with E-state index in [0.29, 0.717) is 25.5 Å². The first kappa shape index (κ1) is 14.6. The van der Waals surface area contributed by atoms with Crippen LogP contribution in [0.5, 0.6) is 5.88 Å². The molecule has 0 radical (unpaired) electrons. The lowest BCUT2D eigenvalue weighted by molar-refractivity contribution is -0.136. The van der Waals surface area contributed by atoms with Crippen LogP contribution in [0.3, 0.4) is 0 Å². The number of methoxy groups -OCH3 is 1. The number of carbonyl (C=O) groups excluding carboxylic acids is 1. The van der Waals surface area contributed by atoms with Crippen molar-refractivity contribution >= 4 is 5.91 Å². The van der Waals surface area contributed by atoms with Gasteiger partial charge in [0.25, 0.3) is 0 Å². The molecule has 22 heavy (non-hydrogen) atoms. The van der Waals surface area contributed by atoms with E-state index in [2.05, 4.69) is 9.55 Å². The molecule has 1 aliphatic heterocycles. The van der Waals surface area contributed by atoms with Gasteiger partial charge in [-0.05, 0) is 18.2 Å². The Kier molecular flexibility index (Phi) is 4.39. The highest BCUT2D eigenvalue weighted by molar-refractivity contribution is 5.77. The highest BCUT2D eigenvalue weighted by Gasteiger charge is 2.26. The maximum Gasteiger partial charge on any atom is 0.249 e. The largest absolute Gasteiger partial charge is 0.471 e. The van der Waals surface area contributed by atoms with Crippen molar-refractivity contribution in [2.75, 3.05) is 20.3 Å². The molecule has 0 aliphatic carbocycles. The van der Waals surface area contributed by atoms with Gasteiger partial charge in [-0.2, -0.15) is 0 Å². The van der Waals surface area contributed by atoms with Crippen LogP contribution in [-0.4, -0.2) is 46.7 Å². The van der Waals surface area contributed by atoms with Crippen molar-refractivity contribution in [3.63, 3.8) is 0 Å². The lowest BCUT2D eigenvalue weighted by Crippen LogP contribution is -2.40. The summed E-state index contributed by atoms with van der Waals surface area (Å²) in [5.41, 5.74) is 1.09. The standard InChI is InChI=1S/C16H19N3O3/c1-21-12-16(20)19-9-13-5-4-8-18(13)10-14(11-19)22-15-6-2-3-7-17-15/h2-8,14H,9-12H2,1H3/t14-/m0/s1. The normalized spacial score (nSPS) is 17.7. The van der Waals surface area contributed by atoms with Gasteiger partial charge >= 0.3 is 0 Å². The first-order chi connectivity index (χ1) is 10.8. The third kappa shape index (κ3) is 3.28. The van der Waals surface area contributed by atoms with Gasteiger partial charge < -0.3 is 18.9 Å². The maximum atomic E-state index is 12.2. The molecule has 1 amide bonds. The van der Waals surface area contributed by atoms with E-state index < -0.39 is 0 Å². The van der Waals surface area contributed by atoms with Crippen LogP contribution in [0.4, 0.5) is 0 Å². The van der Waals surface area contributed by atoms with Crippen molar-refractivity contribution < 1.29 is 14.3 Å². The zero-order valence-electron chi connectivity index (χ0n) is 12.5. The molecule has 0 N–H and O–H groups in total. The summed E-state index contributed by atoms with van der Waals surface area (Å²) in [6, 6.07) is 9.56. The van der Waals surface area contributed by atoms with E-state index in [9.17, 15) is 4.79 Å². The Morgan fingerprint density at radius 3 is 3.00 bits per heavy atom. The molecule has 6 nitrogen and oxygen atoms in total. The number of ether oxygens (including phenoxy) is 2. The molecule has 3 heterocycles. The molecule has 0 unspecified atom stereocenters. The third-order valence-electron chi connectivity index (χ3n) is 3.65. The van der Waals surface area contributed by atoms with Gasteiger partial charge in [-0.3, -0.25) is 4.79 Å². The predicted molar refractivity (Wildman–Crippen MR) is 80.4 cm³/mol. The van der Waals surface area contributed by atoms with Crippen LogP contribution in [0.2, 0.25) is 0 Å². The van der Waals surface area contributed by atoms with Crippen LogP contribution in [0.1, 0.15) is 5.69 Å². The predicted octanol–water partition coefficient (Wildman–Crippen LogP) is 1.32. The second kappa shape index (κ2) is 6.62. The van der Waals surface area contributed by atoms with Gasteiger partial charge in [0.15, 0.2) is 0 Å². The van der Waals surface area contributed by atoms with Crippen molar-refractivity contribution in [3.05, 3.63) is 48.4 Å². The molecule has 0 fully saturated rings. The van der Waals surface area contributed by atoms with Gasteiger partial charge in [-0.25, -0.2) is 4.98 Å². The summed E-state index contributed by atoms with van der Waals surface area (Å²) in [6.45, 7) is 1.85. The summed E-state index contributed by atoms with van der Waals surface area (Å²) in [6.07, 6.45) is 3.56. The summed E-state index contributed by atoms with van der Waals surface area (Å²) < 4.78 is 13.0. The average molecular weight is 301 g/mol. The Hall–Kier alpha value is -2.34. The lowest BCUT2D eigenvalue weighted by atomic mass is 10.3. The van der Waals surface area contributed by atoms with E-state index in [-0.39, 0.29) is 18.6 Å². The first-order valence-electron chi connectivity index (χ1n) is 7.24. The number of hydrogen-bond donors (Lipinski definition) is 0. The summed E-state index contributed by atoms with van der Waals surface area (Å²) >= 11 is 0. The minimum absolute atomic E-state index is 0.0354. The van der Waals surface area contributed by atoms with Crippen molar-refractivity contribution in [3.8, 4) is 5.88 Å². The zero-order chi connectivity index (χ0) is 15.4. The van der Waals surface area contributed by atoms with Gasteiger partial charge in [0, 0.05) is 31.3 Å². The Morgan fingerprint density at radius 2 is 2.23 bits per heavy atom. The van der Waals surface area contributed by atoms with Crippen molar-refractivity contribution in [2.24, 2.45) is 0 Å². The van der Waals surface area contributed by atoms with Crippen LogP contribution in [0.15, 0.2) is 42.7 Å². The van der Waals surface area contributed by atoms with Crippen molar-refractivity contribution in [1.29, 1.82) is 0 Å². The van der Waals surface area contributed by atoms with Gasteiger partial charge in [-0.1, -0.05) is 6.07 Å². The quantitative estimate of drug-likeness (QED) is 0.854. The molecule has 1 atom stereocenters. The molecule has 1 aliphatic rings. The van der Waals surface area contributed by atoms with Crippen LogP contribution < -0.4 is 4.74 Å². The fourth-order valence-electron chi connectivity index (χ4n) is 2.62. The van der Waals surface area contributed by atoms with E-state index in [4.69, 9.17) is 9.47 Å². The molecule has 0 spiro atoms. The molecule has 2 aromatic heterocycles. The lowest BCUT2D eigenvalue weighted by Gasteiger charge is -2.24. The van der Waals surface area contributed by atoms with Gasteiger partial charge in [0.1, 0.15) is 12.7 Å². The Bertz CT molecular complexity index is 627. The minimum atomic E-state index is -0.149. The molecule has 0 bridgehead atoms. The molecular formula is C16H19N3O3. The average Bonchev–Trinajstić information content (AvgIpc) is 2.87. The van der Waals surface area contributed by atoms with Crippen molar-refractivity contribution in [1.82, 2.24) is 14.5 Å². The number of pyridine rings is 1. The molecule has 0 aromatic carbocycles. The Labute approximate surface area is 129 Å². The molecule has 116 valence electrons. The second-order valence-electron chi connectivity index (χ2n) is 5.27. The van der Waals surface area contributed by atoms with Crippen LogP contribution in [-0.2, 0) is 22.6 Å². The molecule has 3 rings (SSSR count). The molecule has 0 saturated heterocycles. The van der Waals surface area contributed by atoms with E-state index in [0.717, 1.165) is 5.69 Å². The third-order valence-corrected chi connectivity index (χ3v) is 3.65. The fourth-order valence-corrected chi connectivity index (χ4v) is 2.62. The van der Waals surface area contributed by atoms with Crippen LogP contribution in [0.25, 0.3) is 0 Å². The Morgan fingerprint density at radius 1 is 1.32 bits per heavy atom. The minimum Gasteiger partial charge on any atom is -0.471 e. The molecule has 0 saturated carbocycles. The summed E-state index contributed by atoms with van der Waals surface area (Å²) in [4.78, 5) is 18.2. The number of hydrogen-bond acceptors (Lipinski definition) is 4. The summed E-state index contributed by atoms with van der Waals surface area (Å²) in [5, 5.41) is 0. The van der Waals surface area contributed by atoms with Gasteiger partial charge in [-0.15, -0.1) is 0 Å².